The summed E-state index contributed by atoms with van der Waals surface area (Å²) in [6.45, 7) is 0. The van der Waals surface area contributed by atoms with E-state index in [2.05, 4.69) is 9.84 Å². The van der Waals surface area contributed by atoms with E-state index in [1.165, 1.54) is 14.2 Å². The Balaban J connectivity index is 2.97. The highest BCUT2D eigenvalue weighted by Crippen LogP contribution is 2.01. The predicted octanol–water partition coefficient (Wildman–Crippen LogP) is 0.346. The van der Waals surface area contributed by atoms with Crippen molar-refractivity contribution in [2.75, 3.05) is 7.11 Å². The minimum atomic E-state index is -0.635. The van der Waals surface area contributed by atoms with Crippen molar-refractivity contribution in [1.82, 2.24) is 9.78 Å². The third-order valence-electron chi connectivity index (χ3n) is 1.22. The second kappa shape index (κ2) is 2.69. The van der Waals surface area contributed by atoms with Gasteiger partial charge in [-0.15, -0.1) is 0 Å². The molecule has 0 radical (unpaired) electrons. The Kier molecular flexibility index (Phi) is 1.89. The van der Waals surface area contributed by atoms with Gasteiger partial charge in [0, 0.05) is 13.1 Å². The largest absolute Gasteiger partial charge is 0.464 e. The first-order valence-corrected chi connectivity index (χ1v) is 2.93. The smallest absolute Gasteiger partial charge is 0.358 e. The SMILES string of the molecule is COC(=O)c1cc(F)n(C)n1. The summed E-state index contributed by atoms with van der Waals surface area (Å²) in [6, 6.07) is 1.02. The molecule has 0 spiro atoms. The lowest BCUT2D eigenvalue weighted by molar-refractivity contribution is 0.0593. The van der Waals surface area contributed by atoms with E-state index in [0.29, 0.717) is 0 Å². The zero-order valence-corrected chi connectivity index (χ0v) is 6.17. The van der Waals surface area contributed by atoms with Gasteiger partial charge in [-0.3, -0.25) is 0 Å². The molecule has 1 heterocycles. The molecule has 0 unspecified atom stereocenters. The average Bonchev–Trinajstić information content (AvgIpc) is 2.31. The van der Waals surface area contributed by atoms with Gasteiger partial charge < -0.3 is 4.74 Å². The van der Waals surface area contributed by atoms with Crippen LogP contribution in [0.1, 0.15) is 10.5 Å². The Morgan fingerprint density at radius 3 is 2.82 bits per heavy atom. The summed E-state index contributed by atoms with van der Waals surface area (Å²) in [5, 5.41) is 3.55. The van der Waals surface area contributed by atoms with Crippen molar-refractivity contribution in [3.8, 4) is 0 Å². The summed E-state index contributed by atoms with van der Waals surface area (Å²) in [4.78, 5) is 10.7. The summed E-state index contributed by atoms with van der Waals surface area (Å²) in [5.41, 5.74) is -0.0208. The van der Waals surface area contributed by atoms with E-state index in [9.17, 15) is 9.18 Å². The molecule has 1 aromatic rings. The van der Waals surface area contributed by atoms with E-state index >= 15 is 0 Å². The van der Waals surface area contributed by atoms with Crippen molar-refractivity contribution in [2.45, 2.75) is 0 Å². The molecular formula is C6H7FN2O2. The fourth-order valence-corrected chi connectivity index (χ4v) is 0.649. The van der Waals surface area contributed by atoms with E-state index in [1.807, 2.05) is 0 Å². The number of aryl methyl sites for hydroxylation is 1. The summed E-state index contributed by atoms with van der Waals surface area (Å²) in [7, 11) is 2.62. The molecule has 1 rings (SSSR count). The first kappa shape index (κ1) is 7.71. The van der Waals surface area contributed by atoms with Crippen molar-refractivity contribution >= 4 is 5.97 Å². The quantitative estimate of drug-likeness (QED) is 0.554. The van der Waals surface area contributed by atoms with Gasteiger partial charge in [0.25, 0.3) is 0 Å². The molecule has 0 saturated heterocycles. The van der Waals surface area contributed by atoms with E-state index in [-0.39, 0.29) is 5.69 Å². The average molecular weight is 158 g/mol. The van der Waals surface area contributed by atoms with Crippen LogP contribution in [0.5, 0.6) is 0 Å². The third-order valence-corrected chi connectivity index (χ3v) is 1.22. The lowest BCUT2D eigenvalue weighted by Gasteiger charge is -1.90. The van der Waals surface area contributed by atoms with E-state index in [4.69, 9.17) is 0 Å². The van der Waals surface area contributed by atoms with Gasteiger partial charge in [0.1, 0.15) is 0 Å². The lowest BCUT2D eigenvalue weighted by Crippen LogP contribution is -2.02. The van der Waals surface area contributed by atoms with Crippen LogP contribution in [-0.4, -0.2) is 22.9 Å². The van der Waals surface area contributed by atoms with Crippen LogP contribution in [0.2, 0.25) is 0 Å². The molecule has 60 valence electrons. The van der Waals surface area contributed by atoms with E-state index in [0.717, 1.165) is 10.7 Å². The minimum absolute atomic E-state index is 0.0208. The molecule has 0 bridgehead atoms. The molecule has 4 nitrogen and oxygen atoms in total. The van der Waals surface area contributed by atoms with Gasteiger partial charge >= 0.3 is 5.97 Å². The van der Waals surface area contributed by atoms with Crippen LogP contribution < -0.4 is 0 Å². The molecule has 11 heavy (non-hydrogen) atoms. The molecule has 0 atom stereocenters. The Morgan fingerprint density at radius 1 is 1.82 bits per heavy atom. The summed E-state index contributed by atoms with van der Waals surface area (Å²) in [5.74, 6) is -1.20. The van der Waals surface area contributed by atoms with Crippen LogP contribution in [0.25, 0.3) is 0 Å². The Labute approximate surface area is 62.6 Å². The second-order valence-electron chi connectivity index (χ2n) is 1.97. The van der Waals surface area contributed by atoms with Gasteiger partial charge in [-0.05, 0) is 0 Å². The standard InChI is InChI=1S/C6H7FN2O2/c1-9-5(7)3-4(8-9)6(10)11-2/h3H,1-2H3. The molecule has 1 aromatic heterocycles. The monoisotopic (exact) mass is 158 g/mol. The minimum Gasteiger partial charge on any atom is -0.464 e. The number of halogens is 1. The van der Waals surface area contributed by atoms with E-state index in [1.54, 1.807) is 0 Å². The molecule has 0 aliphatic carbocycles. The Morgan fingerprint density at radius 2 is 2.45 bits per heavy atom. The van der Waals surface area contributed by atoms with Crippen molar-refractivity contribution < 1.29 is 13.9 Å². The van der Waals surface area contributed by atoms with Gasteiger partial charge in [0.05, 0.1) is 7.11 Å². The maximum Gasteiger partial charge on any atom is 0.358 e. The molecule has 0 aliphatic rings. The third kappa shape index (κ3) is 1.36. The van der Waals surface area contributed by atoms with Gasteiger partial charge in [-0.1, -0.05) is 0 Å². The predicted molar refractivity (Wildman–Crippen MR) is 34.5 cm³/mol. The highest BCUT2D eigenvalue weighted by Gasteiger charge is 2.11. The van der Waals surface area contributed by atoms with Gasteiger partial charge in [-0.2, -0.15) is 9.49 Å². The van der Waals surface area contributed by atoms with Crippen LogP contribution in [0.4, 0.5) is 4.39 Å². The summed E-state index contributed by atoms with van der Waals surface area (Å²) >= 11 is 0. The van der Waals surface area contributed by atoms with Crippen molar-refractivity contribution in [2.24, 2.45) is 7.05 Å². The zero-order chi connectivity index (χ0) is 8.43. The summed E-state index contributed by atoms with van der Waals surface area (Å²) in [6.07, 6.45) is 0. The van der Waals surface area contributed by atoms with Crippen molar-refractivity contribution in [1.29, 1.82) is 0 Å². The number of esters is 1. The van der Waals surface area contributed by atoms with Crippen LogP contribution in [0, 0.1) is 5.95 Å². The molecule has 0 fully saturated rings. The van der Waals surface area contributed by atoms with Crippen LogP contribution >= 0.6 is 0 Å². The fourth-order valence-electron chi connectivity index (χ4n) is 0.649. The molecule has 0 amide bonds. The molecule has 5 heteroatoms. The maximum atomic E-state index is 12.5. The Bertz CT molecular complexity index is 263. The fraction of sp³-hybridized carbons (Fsp3) is 0.333. The maximum absolute atomic E-state index is 12.5. The van der Waals surface area contributed by atoms with Crippen LogP contribution in [0.3, 0.4) is 0 Å². The first-order chi connectivity index (χ1) is 5.15. The van der Waals surface area contributed by atoms with Crippen LogP contribution in [0.15, 0.2) is 6.07 Å². The second-order valence-corrected chi connectivity index (χ2v) is 1.97. The lowest BCUT2D eigenvalue weighted by atomic mass is 10.4. The molecule has 0 aliphatic heterocycles. The number of aromatic nitrogens is 2. The number of hydrogen-bond donors (Lipinski definition) is 0. The van der Waals surface area contributed by atoms with Crippen molar-refractivity contribution in [3.63, 3.8) is 0 Å². The number of methoxy groups -OCH3 is 1. The zero-order valence-electron chi connectivity index (χ0n) is 6.17. The molecule has 0 N–H and O–H groups in total. The Hall–Kier alpha value is -1.39. The highest BCUT2D eigenvalue weighted by molar-refractivity contribution is 5.86. The normalized spacial score (nSPS) is 9.73. The van der Waals surface area contributed by atoms with Gasteiger partial charge in [0.2, 0.25) is 5.95 Å². The van der Waals surface area contributed by atoms with Gasteiger partial charge in [-0.25, -0.2) is 9.48 Å². The number of ether oxygens (including phenoxy) is 1. The molecule has 0 saturated carbocycles. The number of nitrogens with zero attached hydrogens (tertiary/aromatic N) is 2. The highest BCUT2D eigenvalue weighted by atomic mass is 19.1. The number of hydrogen-bond acceptors (Lipinski definition) is 3. The molecular weight excluding hydrogens is 151 g/mol. The molecule has 0 aromatic carbocycles. The number of rotatable bonds is 1. The summed E-state index contributed by atoms with van der Waals surface area (Å²) < 4.78 is 17.8. The first-order valence-electron chi connectivity index (χ1n) is 2.93. The van der Waals surface area contributed by atoms with Crippen LogP contribution in [-0.2, 0) is 11.8 Å². The number of carbonyl (C=O) groups excluding carboxylic acids is 1. The van der Waals surface area contributed by atoms with Crippen molar-refractivity contribution in [3.05, 3.63) is 17.7 Å². The number of carbonyl (C=O) groups is 1. The topological polar surface area (TPSA) is 44.1 Å². The van der Waals surface area contributed by atoms with Gasteiger partial charge in [0.15, 0.2) is 5.69 Å². The van der Waals surface area contributed by atoms with E-state index < -0.39 is 11.9 Å².